The fourth-order valence-corrected chi connectivity index (χ4v) is 2.66. The topological polar surface area (TPSA) is 50.4 Å². The van der Waals surface area contributed by atoms with Crippen molar-refractivity contribution in [3.8, 4) is 0 Å². The molecule has 98 valence electrons. The van der Waals surface area contributed by atoms with Crippen LogP contribution >= 0.6 is 0 Å². The summed E-state index contributed by atoms with van der Waals surface area (Å²) in [7, 11) is 0. The van der Waals surface area contributed by atoms with Gasteiger partial charge in [0.05, 0.1) is 12.6 Å². The lowest BCUT2D eigenvalue weighted by Crippen LogP contribution is -2.46. The number of carbonyl (C=O) groups is 1. The number of nitrogens with one attached hydrogen (secondary N) is 2. The van der Waals surface area contributed by atoms with Crippen LogP contribution < -0.4 is 10.6 Å². The van der Waals surface area contributed by atoms with Gasteiger partial charge in [0.2, 0.25) is 0 Å². The van der Waals surface area contributed by atoms with E-state index in [1.165, 1.54) is 32.1 Å². The molecule has 1 aliphatic heterocycles. The Balaban J connectivity index is 1.68. The molecule has 1 atom stereocenters. The molecule has 0 aromatic heterocycles. The molecule has 1 unspecified atom stereocenters. The molecular weight excluding hydrogens is 216 g/mol. The van der Waals surface area contributed by atoms with Crippen LogP contribution in [-0.4, -0.2) is 31.3 Å². The van der Waals surface area contributed by atoms with E-state index in [-0.39, 0.29) is 12.1 Å². The van der Waals surface area contributed by atoms with Crippen LogP contribution in [0, 0.1) is 0 Å². The van der Waals surface area contributed by atoms with Gasteiger partial charge in [0.15, 0.2) is 0 Å². The van der Waals surface area contributed by atoms with Crippen molar-refractivity contribution in [1.29, 1.82) is 0 Å². The fraction of sp³-hybridized carbons (Fsp3) is 0.923. The molecular formula is C13H24N2O2. The van der Waals surface area contributed by atoms with E-state index in [2.05, 4.69) is 10.6 Å². The summed E-state index contributed by atoms with van der Waals surface area (Å²) in [5.74, 6) is 0. The minimum absolute atomic E-state index is 0.00827. The summed E-state index contributed by atoms with van der Waals surface area (Å²) in [6.45, 7) is 1.44. The highest BCUT2D eigenvalue weighted by molar-refractivity contribution is 5.74. The van der Waals surface area contributed by atoms with Crippen LogP contribution in [0.2, 0.25) is 0 Å². The third-order valence-electron chi connectivity index (χ3n) is 3.71. The Morgan fingerprint density at radius 1 is 0.882 bits per heavy atom. The molecule has 4 nitrogen and oxygen atoms in total. The minimum atomic E-state index is -0.00827. The fourth-order valence-electron chi connectivity index (χ4n) is 2.66. The predicted molar refractivity (Wildman–Crippen MR) is 67.0 cm³/mol. The second kappa shape index (κ2) is 6.84. The van der Waals surface area contributed by atoms with Crippen LogP contribution in [0.15, 0.2) is 0 Å². The Bertz CT molecular complexity index is 232. The first kappa shape index (κ1) is 12.7. The van der Waals surface area contributed by atoms with Crippen molar-refractivity contribution in [2.75, 3.05) is 13.2 Å². The minimum Gasteiger partial charge on any atom is -0.379 e. The Morgan fingerprint density at radius 2 is 1.53 bits per heavy atom. The quantitative estimate of drug-likeness (QED) is 0.777. The molecule has 1 aliphatic carbocycles. The van der Waals surface area contributed by atoms with Gasteiger partial charge in [0, 0.05) is 12.6 Å². The molecule has 1 saturated carbocycles. The number of carbonyl (C=O) groups excluding carboxylic acids is 1. The lowest BCUT2D eigenvalue weighted by atomic mass is 9.97. The summed E-state index contributed by atoms with van der Waals surface area (Å²) in [4.78, 5) is 11.8. The first-order valence-corrected chi connectivity index (χ1v) is 6.99. The van der Waals surface area contributed by atoms with Crippen molar-refractivity contribution in [3.05, 3.63) is 0 Å². The maximum Gasteiger partial charge on any atom is 0.315 e. The van der Waals surface area contributed by atoms with Gasteiger partial charge in [-0.3, -0.25) is 0 Å². The Labute approximate surface area is 103 Å². The Hall–Kier alpha value is -0.770. The van der Waals surface area contributed by atoms with Gasteiger partial charge in [-0.15, -0.1) is 0 Å². The van der Waals surface area contributed by atoms with Crippen LogP contribution in [0.25, 0.3) is 0 Å². The zero-order chi connectivity index (χ0) is 11.9. The summed E-state index contributed by atoms with van der Waals surface area (Å²) in [5.41, 5.74) is 0. The van der Waals surface area contributed by atoms with Crippen LogP contribution in [0.1, 0.15) is 51.4 Å². The van der Waals surface area contributed by atoms with Gasteiger partial charge in [0.1, 0.15) is 0 Å². The van der Waals surface area contributed by atoms with Crippen molar-refractivity contribution in [1.82, 2.24) is 10.6 Å². The van der Waals surface area contributed by atoms with Crippen LogP contribution in [0.3, 0.4) is 0 Å². The first-order valence-electron chi connectivity index (χ1n) is 6.99. The molecule has 2 amide bonds. The molecule has 4 heteroatoms. The maximum absolute atomic E-state index is 11.8. The summed E-state index contributed by atoms with van der Waals surface area (Å²) in [6.07, 6.45) is 9.70. The van der Waals surface area contributed by atoms with Gasteiger partial charge in [-0.05, 0) is 19.3 Å². The molecule has 2 aliphatic rings. The Morgan fingerprint density at radius 3 is 2.18 bits per heavy atom. The number of ether oxygens (including phenoxy) is 1. The highest BCUT2D eigenvalue weighted by Gasteiger charge is 2.19. The van der Waals surface area contributed by atoms with Crippen LogP contribution in [0.4, 0.5) is 4.79 Å². The summed E-state index contributed by atoms with van der Waals surface area (Å²) in [6, 6.07) is 0.576. The Kier molecular flexibility index (Phi) is 5.10. The molecule has 17 heavy (non-hydrogen) atoms. The molecule has 2 fully saturated rings. The largest absolute Gasteiger partial charge is 0.379 e. The van der Waals surface area contributed by atoms with E-state index in [0.29, 0.717) is 12.6 Å². The average molecular weight is 240 g/mol. The second-order valence-electron chi connectivity index (χ2n) is 5.22. The molecule has 2 N–H and O–H groups in total. The van der Waals surface area contributed by atoms with Crippen LogP contribution in [0.5, 0.6) is 0 Å². The molecule has 1 heterocycles. The lowest BCUT2D eigenvalue weighted by Gasteiger charge is -2.22. The normalized spacial score (nSPS) is 27.2. The summed E-state index contributed by atoms with van der Waals surface area (Å²) in [5, 5.41) is 6.10. The summed E-state index contributed by atoms with van der Waals surface area (Å²) < 4.78 is 5.24. The van der Waals surface area contributed by atoms with Crippen molar-refractivity contribution in [2.45, 2.75) is 63.5 Å². The van der Waals surface area contributed by atoms with Gasteiger partial charge < -0.3 is 15.4 Å². The molecule has 0 spiro atoms. The van der Waals surface area contributed by atoms with E-state index in [4.69, 9.17) is 4.74 Å². The van der Waals surface area contributed by atoms with E-state index in [1.54, 1.807) is 0 Å². The number of hydrogen-bond donors (Lipinski definition) is 2. The molecule has 0 radical (unpaired) electrons. The van der Waals surface area contributed by atoms with Crippen molar-refractivity contribution < 1.29 is 9.53 Å². The number of amides is 2. The molecule has 0 bridgehead atoms. The van der Waals surface area contributed by atoms with Crippen molar-refractivity contribution in [3.63, 3.8) is 0 Å². The highest BCUT2D eigenvalue weighted by atomic mass is 16.5. The number of urea groups is 1. The lowest BCUT2D eigenvalue weighted by molar-refractivity contribution is 0.188. The van der Waals surface area contributed by atoms with Gasteiger partial charge >= 0.3 is 6.03 Å². The van der Waals surface area contributed by atoms with E-state index < -0.39 is 0 Å². The first-order chi connectivity index (χ1) is 8.34. The van der Waals surface area contributed by atoms with Gasteiger partial charge in [-0.25, -0.2) is 4.79 Å². The third-order valence-corrected chi connectivity index (χ3v) is 3.71. The van der Waals surface area contributed by atoms with E-state index >= 15 is 0 Å². The number of rotatable bonds is 2. The molecule has 2 rings (SSSR count). The predicted octanol–water partition coefficient (Wildman–Crippen LogP) is 2.19. The average Bonchev–Trinajstić information content (AvgIpc) is 2.74. The monoisotopic (exact) mass is 240 g/mol. The van der Waals surface area contributed by atoms with E-state index in [0.717, 1.165) is 25.9 Å². The van der Waals surface area contributed by atoms with Crippen molar-refractivity contribution >= 4 is 6.03 Å². The standard InChI is InChI=1S/C13H24N2O2/c16-13(15-12-8-9-17-10-12)14-11-6-4-2-1-3-5-7-11/h11-12H,1-10H2,(H2,14,15,16). The smallest absolute Gasteiger partial charge is 0.315 e. The molecule has 0 aromatic rings. The van der Waals surface area contributed by atoms with Gasteiger partial charge in [-0.2, -0.15) is 0 Å². The maximum atomic E-state index is 11.8. The van der Waals surface area contributed by atoms with E-state index in [1.807, 2.05) is 0 Å². The van der Waals surface area contributed by atoms with Gasteiger partial charge in [0.25, 0.3) is 0 Å². The zero-order valence-electron chi connectivity index (χ0n) is 10.5. The zero-order valence-corrected chi connectivity index (χ0v) is 10.5. The van der Waals surface area contributed by atoms with E-state index in [9.17, 15) is 4.79 Å². The highest BCUT2D eigenvalue weighted by Crippen LogP contribution is 2.17. The van der Waals surface area contributed by atoms with Crippen LogP contribution in [-0.2, 0) is 4.74 Å². The SMILES string of the molecule is O=C(NC1CCCCCCC1)NC1CCOC1. The second-order valence-corrected chi connectivity index (χ2v) is 5.22. The molecule has 1 saturated heterocycles. The van der Waals surface area contributed by atoms with Gasteiger partial charge in [-0.1, -0.05) is 32.1 Å². The third kappa shape index (κ3) is 4.54. The number of hydrogen-bond acceptors (Lipinski definition) is 2. The molecule has 0 aromatic carbocycles. The van der Waals surface area contributed by atoms with Crippen molar-refractivity contribution in [2.24, 2.45) is 0 Å². The summed E-state index contributed by atoms with van der Waals surface area (Å²) >= 11 is 0.